The van der Waals surface area contributed by atoms with E-state index in [1.54, 1.807) is 0 Å². The molecule has 5 rings (SSSR count). The Morgan fingerprint density at radius 2 is 1.73 bits per heavy atom. The van der Waals surface area contributed by atoms with Crippen molar-refractivity contribution in [3.05, 3.63) is 81.6 Å². The molecule has 2 aliphatic rings. The van der Waals surface area contributed by atoms with Crippen LogP contribution in [-0.2, 0) is 0 Å². The van der Waals surface area contributed by atoms with Crippen molar-refractivity contribution in [1.29, 1.82) is 0 Å². The number of aromatic nitrogens is 2. The highest BCUT2D eigenvalue weighted by Crippen LogP contribution is 2.25. The molecule has 3 heterocycles. The highest BCUT2D eigenvalue weighted by atomic mass is 35.5. The predicted molar refractivity (Wildman–Crippen MR) is 149 cm³/mol. The third-order valence-corrected chi connectivity index (χ3v) is 7.91. The molecule has 3 aromatic rings. The standard InChI is InChI=1S/C30H35ClN4O2/c1-21-29(30(37)33-17-14-26(15-18-33)34-16-4-7-28(36)20-34)22(2)35(32-21)27-6-3-5-24(19-27)9-8-23-10-12-25(31)13-11-23/h3,5-6,8-13,19,26,28,36H,4,7,14-18,20H2,1-2H3/b9-8+. The number of β-amino-alcohol motifs (C(OH)–C–C–N with tert-alkyl or cyclic N) is 1. The normalized spacial score (nSPS) is 19.6. The van der Waals surface area contributed by atoms with E-state index in [0.29, 0.717) is 11.6 Å². The van der Waals surface area contributed by atoms with Crippen LogP contribution >= 0.6 is 11.6 Å². The number of aliphatic hydroxyl groups is 1. The highest BCUT2D eigenvalue weighted by Gasteiger charge is 2.31. The Kier molecular flexibility index (Phi) is 7.79. The maximum atomic E-state index is 13.6. The smallest absolute Gasteiger partial charge is 0.257 e. The van der Waals surface area contributed by atoms with Gasteiger partial charge >= 0.3 is 0 Å². The number of carbonyl (C=O) groups excluding carboxylic acids is 1. The van der Waals surface area contributed by atoms with Gasteiger partial charge in [-0.2, -0.15) is 5.10 Å². The topological polar surface area (TPSA) is 61.6 Å². The van der Waals surface area contributed by atoms with Crippen LogP contribution in [0.5, 0.6) is 0 Å². The molecule has 2 fully saturated rings. The molecule has 0 aliphatic carbocycles. The van der Waals surface area contributed by atoms with Crippen molar-refractivity contribution in [2.24, 2.45) is 0 Å². The van der Waals surface area contributed by atoms with Crippen LogP contribution in [0.25, 0.3) is 17.8 Å². The van der Waals surface area contributed by atoms with Gasteiger partial charge in [-0.3, -0.25) is 9.69 Å². The van der Waals surface area contributed by atoms with Crippen molar-refractivity contribution in [3.63, 3.8) is 0 Å². The number of carbonyl (C=O) groups is 1. The molecule has 0 spiro atoms. The summed E-state index contributed by atoms with van der Waals surface area (Å²) in [7, 11) is 0. The number of hydrogen-bond donors (Lipinski definition) is 1. The molecule has 2 aliphatic heterocycles. The van der Waals surface area contributed by atoms with E-state index in [-0.39, 0.29) is 12.0 Å². The molecule has 2 aromatic carbocycles. The zero-order valence-electron chi connectivity index (χ0n) is 21.6. The molecule has 194 valence electrons. The predicted octanol–water partition coefficient (Wildman–Crippen LogP) is 5.37. The Balaban J connectivity index is 1.29. The van der Waals surface area contributed by atoms with Crippen LogP contribution in [-0.4, -0.2) is 68.9 Å². The number of piperidine rings is 2. The van der Waals surface area contributed by atoms with Gasteiger partial charge in [0.15, 0.2) is 0 Å². The van der Waals surface area contributed by atoms with Gasteiger partial charge in [0.1, 0.15) is 0 Å². The Labute approximate surface area is 224 Å². The first kappa shape index (κ1) is 25.7. The van der Waals surface area contributed by atoms with Crippen LogP contribution in [0.2, 0.25) is 5.02 Å². The minimum Gasteiger partial charge on any atom is -0.392 e. The number of amides is 1. The van der Waals surface area contributed by atoms with Crippen molar-refractivity contribution < 1.29 is 9.90 Å². The monoisotopic (exact) mass is 518 g/mol. The fraction of sp³-hybridized carbons (Fsp3) is 0.400. The molecule has 1 unspecified atom stereocenters. The lowest BCUT2D eigenvalue weighted by Crippen LogP contribution is -2.50. The number of hydrogen-bond acceptors (Lipinski definition) is 4. The summed E-state index contributed by atoms with van der Waals surface area (Å²) in [6.45, 7) is 7.19. The molecule has 37 heavy (non-hydrogen) atoms. The maximum Gasteiger partial charge on any atom is 0.257 e. The molecule has 1 N–H and O–H groups in total. The Bertz CT molecular complexity index is 1280. The van der Waals surface area contributed by atoms with Crippen molar-refractivity contribution in [3.8, 4) is 5.69 Å². The van der Waals surface area contributed by atoms with E-state index >= 15 is 0 Å². The molecule has 1 atom stereocenters. The number of aryl methyl sites for hydroxylation is 1. The van der Waals surface area contributed by atoms with E-state index in [1.807, 2.05) is 59.8 Å². The minimum atomic E-state index is -0.212. The van der Waals surface area contributed by atoms with Crippen LogP contribution < -0.4 is 0 Å². The fourth-order valence-electron chi connectivity index (χ4n) is 5.64. The lowest BCUT2D eigenvalue weighted by atomic mass is 9.98. The lowest BCUT2D eigenvalue weighted by molar-refractivity contribution is 0.0240. The quantitative estimate of drug-likeness (QED) is 0.461. The number of nitrogens with zero attached hydrogens (tertiary/aromatic N) is 4. The lowest BCUT2D eigenvalue weighted by Gasteiger charge is -2.41. The van der Waals surface area contributed by atoms with Gasteiger partial charge in [0.25, 0.3) is 5.91 Å². The summed E-state index contributed by atoms with van der Waals surface area (Å²) in [6, 6.07) is 16.4. The molecule has 0 bridgehead atoms. The second-order valence-corrected chi connectivity index (χ2v) is 10.7. The van der Waals surface area contributed by atoms with Gasteiger partial charge in [-0.1, -0.05) is 48.0 Å². The van der Waals surface area contributed by atoms with Gasteiger partial charge < -0.3 is 10.0 Å². The molecule has 2 saturated heterocycles. The molecule has 1 amide bonds. The summed E-state index contributed by atoms with van der Waals surface area (Å²) in [5, 5.41) is 15.5. The molecule has 7 heteroatoms. The molecular formula is C30H35ClN4O2. The first-order valence-corrected chi connectivity index (χ1v) is 13.6. The number of rotatable bonds is 5. The summed E-state index contributed by atoms with van der Waals surface area (Å²) in [4.78, 5) is 18.0. The Morgan fingerprint density at radius 1 is 1.00 bits per heavy atom. The van der Waals surface area contributed by atoms with E-state index in [1.165, 1.54) is 0 Å². The average molecular weight is 519 g/mol. The minimum absolute atomic E-state index is 0.0668. The van der Waals surface area contributed by atoms with Crippen molar-refractivity contribution >= 4 is 29.7 Å². The number of likely N-dealkylation sites (tertiary alicyclic amines) is 2. The van der Waals surface area contributed by atoms with Gasteiger partial charge in [0, 0.05) is 30.7 Å². The summed E-state index contributed by atoms with van der Waals surface area (Å²) in [5.74, 6) is 0.0668. The van der Waals surface area contributed by atoms with Gasteiger partial charge in [-0.25, -0.2) is 4.68 Å². The Hall–Kier alpha value is -2.93. The fourth-order valence-corrected chi connectivity index (χ4v) is 5.76. The first-order valence-electron chi connectivity index (χ1n) is 13.2. The van der Waals surface area contributed by atoms with Crippen LogP contribution in [0, 0.1) is 13.8 Å². The largest absolute Gasteiger partial charge is 0.392 e. The number of aliphatic hydroxyl groups excluding tert-OH is 1. The zero-order valence-corrected chi connectivity index (χ0v) is 22.4. The van der Waals surface area contributed by atoms with E-state index in [4.69, 9.17) is 16.7 Å². The average Bonchev–Trinajstić information content (AvgIpc) is 3.21. The summed E-state index contributed by atoms with van der Waals surface area (Å²) in [5.41, 5.74) is 5.38. The zero-order chi connectivity index (χ0) is 25.9. The number of benzene rings is 2. The van der Waals surface area contributed by atoms with E-state index < -0.39 is 0 Å². The van der Waals surface area contributed by atoms with Crippen molar-refractivity contribution in [1.82, 2.24) is 19.6 Å². The maximum absolute atomic E-state index is 13.6. The van der Waals surface area contributed by atoms with Gasteiger partial charge in [0.2, 0.25) is 0 Å². The summed E-state index contributed by atoms with van der Waals surface area (Å²) >= 11 is 5.99. The molecule has 1 aromatic heterocycles. The second kappa shape index (κ2) is 11.2. The summed E-state index contributed by atoms with van der Waals surface area (Å²) < 4.78 is 1.88. The van der Waals surface area contributed by atoms with Gasteiger partial charge in [0.05, 0.1) is 28.7 Å². The second-order valence-electron chi connectivity index (χ2n) is 10.3. The highest BCUT2D eigenvalue weighted by molar-refractivity contribution is 6.30. The van der Waals surface area contributed by atoms with E-state index in [0.717, 1.165) is 85.1 Å². The van der Waals surface area contributed by atoms with Crippen LogP contribution in [0.1, 0.15) is 58.6 Å². The van der Waals surface area contributed by atoms with E-state index in [2.05, 4.69) is 29.2 Å². The van der Waals surface area contributed by atoms with Crippen LogP contribution in [0.15, 0.2) is 48.5 Å². The molecule has 6 nitrogen and oxygen atoms in total. The first-order chi connectivity index (χ1) is 17.9. The van der Waals surface area contributed by atoms with Gasteiger partial charge in [-0.05, 0) is 81.5 Å². The molecular weight excluding hydrogens is 484 g/mol. The molecule has 0 saturated carbocycles. The molecule has 0 radical (unpaired) electrons. The van der Waals surface area contributed by atoms with Crippen molar-refractivity contribution in [2.45, 2.75) is 51.7 Å². The third-order valence-electron chi connectivity index (χ3n) is 7.65. The van der Waals surface area contributed by atoms with Crippen LogP contribution in [0.3, 0.4) is 0 Å². The SMILES string of the molecule is Cc1nn(-c2cccc(/C=C/c3ccc(Cl)cc3)c2)c(C)c1C(=O)N1CCC(N2CCCC(O)C2)CC1. The van der Waals surface area contributed by atoms with Crippen molar-refractivity contribution in [2.75, 3.05) is 26.2 Å². The Morgan fingerprint density at radius 3 is 2.46 bits per heavy atom. The number of halogens is 1. The van der Waals surface area contributed by atoms with E-state index in [9.17, 15) is 9.90 Å². The summed E-state index contributed by atoms with van der Waals surface area (Å²) in [6.07, 6.45) is 7.76. The van der Waals surface area contributed by atoms with Gasteiger partial charge in [-0.15, -0.1) is 0 Å². The third kappa shape index (κ3) is 5.82. The van der Waals surface area contributed by atoms with Crippen LogP contribution in [0.4, 0.5) is 0 Å².